The van der Waals surface area contributed by atoms with Gasteiger partial charge in [-0.25, -0.2) is 0 Å². The van der Waals surface area contributed by atoms with Crippen LogP contribution in [0.4, 0.5) is 0 Å². The van der Waals surface area contributed by atoms with Crippen molar-refractivity contribution in [1.29, 1.82) is 0 Å². The van der Waals surface area contributed by atoms with Gasteiger partial charge in [-0.05, 0) is 44.9 Å². The van der Waals surface area contributed by atoms with Crippen LogP contribution >= 0.6 is 0 Å². The van der Waals surface area contributed by atoms with Gasteiger partial charge in [0.05, 0.1) is 0 Å². The molecule has 0 spiro atoms. The molecule has 0 radical (unpaired) electrons. The van der Waals surface area contributed by atoms with E-state index in [0.29, 0.717) is 12.5 Å². The zero-order chi connectivity index (χ0) is 13.7. The normalized spacial score (nSPS) is 12.3. The minimum absolute atomic E-state index is 0.110. The number of amides is 1. The highest BCUT2D eigenvalue weighted by Gasteiger charge is 2.17. The Morgan fingerprint density at radius 1 is 1.39 bits per heavy atom. The molecule has 1 atom stereocenters. The number of nitrogens with zero attached hydrogens (tertiary/aromatic N) is 1. The van der Waals surface area contributed by atoms with Gasteiger partial charge in [-0.15, -0.1) is 0 Å². The van der Waals surface area contributed by atoms with E-state index >= 15 is 0 Å². The highest BCUT2D eigenvalue weighted by molar-refractivity contribution is 5.95. The highest BCUT2D eigenvalue weighted by atomic mass is 16.2. The lowest BCUT2D eigenvalue weighted by molar-refractivity contribution is 0.0743. The van der Waals surface area contributed by atoms with Gasteiger partial charge in [-0.2, -0.15) is 0 Å². The summed E-state index contributed by atoms with van der Waals surface area (Å²) in [6.07, 6.45) is 0. The molecule has 0 saturated heterocycles. The molecule has 3 nitrogen and oxygen atoms in total. The molecule has 100 valence electrons. The van der Waals surface area contributed by atoms with Gasteiger partial charge in [0.15, 0.2) is 0 Å². The van der Waals surface area contributed by atoms with Crippen LogP contribution in [0.3, 0.4) is 0 Å². The number of hydrogen-bond acceptors (Lipinski definition) is 2. The van der Waals surface area contributed by atoms with Gasteiger partial charge < -0.3 is 10.6 Å². The molecule has 1 aromatic carbocycles. The lowest BCUT2D eigenvalue weighted by atomic mass is 10.0. The molecule has 3 heteroatoms. The largest absolute Gasteiger partial charge is 0.339 e. The molecule has 0 aromatic heterocycles. The van der Waals surface area contributed by atoms with Gasteiger partial charge in [0, 0.05) is 18.7 Å². The van der Waals surface area contributed by atoms with Crippen molar-refractivity contribution in [3.05, 3.63) is 34.9 Å². The average molecular weight is 248 g/mol. The maximum atomic E-state index is 12.5. The molecule has 0 aliphatic heterocycles. The van der Waals surface area contributed by atoms with Gasteiger partial charge in [0.1, 0.15) is 0 Å². The minimum Gasteiger partial charge on any atom is -0.339 e. The first kappa shape index (κ1) is 14.7. The van der Waals surface area contributed by atoms with Crippen molar-refractivity contribution in [2.24, 2.45) is 11.7 Å². The molecular formula is C15H24N2O. The predicted octanol–water partition coefficient (Wildman–Crippen LogP) is 2.36. The molecule has 0 fully saturated rings. The molecule has 0 saturated carbocycles. The molecule has 1 rings (SSSR count). The summed E-state index contributed by atoms with van der Waals surface area (Å²) in [5, 5.41) is 0. The fourth-order valence-corrected chi connectivity index (χ4v) is 1.94. The number of carbonyl (C=O) groups excluding carboxylic acids is 1. The van der Waals surface area contributed by atoms with Crippen LogP contribution in [0.1, 0.15) is 35.3 Å². The molecule has 1 unspecified atom stereocenters. The molecule has 0 aliphatic rings. The van der Waals surface area contributed by atoms with Gasteiger partial charge in [-0.1, -0.05) is 24.6 Å². The second kappa shape index (κ2) is 6.55. The average Bonchev–Trinajstić information content (AvgIpc) is 2.37. The summed E-state index contributed by atoms with van der Waals surface area (Å²) < 4.78 is 0. The van der Waals surface area contributed by atoms with Crippen molar-refractivity contribution >= 4 is 5.91 Å². The Morgan fingerprint density at radius 2 is 2.06 bits per heavy atom. The van der Waals surface area contributed by atoms with Crippen molar-refractivity contribution in [1.82, 2.24) is 4.90 Å². The zero-order valence-electron chi connectivity index (χ0n) is 11.9. The second-order valence-electron chi connectivity index (χ2n) is 5.00. The first-order chi connectivity index (χ1) is 8.49. The summed E-state index contributed by atoms with van der Waals surface area (Å²) in [6, 6.07) is 6.00. The molecule has 2 N–H and O–H groups in total. The van der Waals surface area contributed by atoms with E-state index in [9.17, 15) is 4.79 Å². The van der Waals surface area contributed by atoms with E-state index in [1.165, 1.54) is 0 Å². The van der Waals surface area contributed by atoms with E-state index in [2.05, 4.69) is 6.92 Å². The monoisotopic (exact) mass is 248 g/mol. The predicted molar refractivity (Wildman–Crippen MR) is 75.7 cm³/mol. The number of aryl methyl sites for hydroxylation is 2. The Morgan fingerprint density at radius 3 is 2.61 bits per heavy atom. The molecule has 18 heavy (non-hydrogen) atoms. The Labute approximate surface area is 110 Å². The van der Waals surface area contributed by atoms with Gasteiger partial charge in [-0.3, -0.25) is 4.79 Å². The van der Waals surface area contributed by atoms with Crippen LogP contribution in [0.15, 0.2) is 18.2 Å². The van der Waals surface area contributed by atoms with Gasteiger partial charge in [0.25, 0.3) is 5.91 Å². The lowest BCUT2D eigenvalue weighted by Crippen LogP contribution is -2.36. The lowest BCUT2D eigenvalue weighted by Gasteiger charge is -2.25. The first-order valence-electron chi connectivity index (χ1n) is 6.56. The van der Waals surface area contributed by atoms with E-state index in [0.717, 1.165) is 29.8 Å². The summed E-state index contributed by atoms with van der Waals surface area (Å²) in [5.74, 6) is 0.443. The molecule has 1 aromatic rings. The van der Waals surface area contributed by atoms with Crippen LogP contribution in [0.2, 0.25) is 0 Å². The third-order valence-corrected chi connectivity index (χ3v) is 3.23. The first-order valence-corrected chi connectivity index (χ1v) is 6.56. The Bertz CT molecular complexity index is 415. The maximum Gasteiger partial charge on any atom is 0.254 e. The third-order valence-electron chi connectivity index (χ3n) is 3.23. The fraction of sp³-hybridized carbons (Fsp3) is 0.533. The Hall–Kier alpha value is -1.35. The topological polar surface area (TPSA) is 46.3 Å². The van der Waals surface area contributed by atoms with E-state index in [1.807, 2.05) is 43.9 Å². The zero-order valence-corrected chi connectivity index (χ0v) is 11.9. The van der Waals surface area contributed by atoms with Crippen LogP contribution in [0, 0.1) is 19.8 Å². The summed E-state index contributed by atoms with van der Waals surface area (Å²) in [5.41, 5.74) is 8.59. The molecule has 0 aliphatic carbocycles. The number of rotatable bonds is 5. The second-order valence-corrected chi connectivity index (χ2v) is 5.00. The third kappa shape index (κ3) is 3.57. The van der Waals surface area contributed by atoms with Gasteiger partial charge in [0.2, 0.25) is 0 Å². The number of hydrogen-bond donors (Lipinski definition) is 1. The van der Waals surface area contributed by atoms with Crippen molar-refractivity contribution in [3.8, 4) is 0 Å². The number of benzene rings is 1. The van der Waals surface area contributed by atoms with Crippen molar-refractivity contribution < 1.29 is 4.79 Å². The fourth-order valence-electron chi connectivity index (χ4n) is 1.94. The smallest absolute Gasteiger partial charge is 0.254 e. The van der Waals surface area contributed by atoms with Crippen LogP contribution in [-0.2, 0) is 0 Å². The van der Waals surface area contributed by atoms with E-state index in [1.54, 1.807) is 0 Å². The molecule has 0 bridgehead atoms. The van der Waals surface area contributed by atoms with Crippen LogP contribution in [-0.4, -0.2) is 30.4 Å². The molecule has 0 heterocycles. The quantitative estimate of drug-likeness (QED) is 0.869. The Balaban J connectivity index is 2.92. The van der Waals surface area contributed by atoms with E-state index in [4.69, 9.17) is 5.73 Å². The molecular weight excluding hydrogens is 224 g/mol. The van der Waals surface area contributed by atoms with Crippen LogP contribution in [0.25, 0.3) is 0 Å². The maximum absolute atomic E-state index is 12.5. The van der Waals surface area contributed by atoms with Crippen molar-refractivity contribution in [3.63, 3.8) is 0 Å². The van der Waals surface area contributed by atoms with Crippen molar-refractivity contribution in [2.75, 3.05) is 19.6 Å². The van der Waals surface area contributed by atoms with Crippen LogP contribution < -0.4 is 5.73 Å². The van der Waals surface area contributed by atoms with Crippen LogP contribution in [0.5, 0.6) is 0 Å². The standard InChI is InChI=1S/C15H24N2O/c1-5-17(10-12(3)9-16)15(18)14-8-11(2)6-7-13(14)4/h6-8,12H,5,9-10,16H2,1-4H3. The number of carbonyl (C=O) groups is 1. The van der Waals surface area contributed by atoms with E-state index in [-0.39, 0.29) is 5.91 Å². The van der Waals surface area contributed by atoms with Gasteiger partial charge >= 0.3 is 0 Å². The molecule has 1 amide bonds. The van der Waals surface area contributed by atoms with E-state index < -0.39 is 0 Å². The SMILES string of the molecule is CCN(CC(C)CN)C(=O)c1cc(C)ccc1C. The summed E-state index contributed by atoms with van der Waals surface area (Å²) >= 11 is 0. The summed E-state index contributed by atoms with van der Waals surface area (Å²) in [4.78, 5) is 14.4. The minimum atomic E-state index is 0.110. The number of nitrogens with two attached hydrogens (primary N) is 1. The summed E-state index contributed by atoms with van der Waals surface area (Å²) in [7, 11) is 0. The van der Waals surface area contributed by atoms with Crippen molar-refractivity contribution in [2.45, 2.75) is 27.7 Å². The Kier molecular flexibility index (Phi) is 5.35. The summed E-state index contributed by atoms with van der Waals surface area (Å²) in [6.45, 7) is 10.1. The highest BCUT2D eigenvalue weighted by Crippen LogP contribution is 2.14.